The van der Waals surface area contributed by atoms with Gasteiger partial charge >= 0.3 is 0 Å². The molecule has 0 aromatic heterocycles. The highest BCUT2D eigenvalue weighted by Crippen LogP contribution is 2.19. The molecule has 1 fully saturated rings. The van der Waals surface area contributed by atoms with Gasteiger partial charge in [-0.3, -0.25) is 4.79 Å². The number of amides is 1. The van der Waals surface area contributed by atoms with Crippen molar-refractivity contribution >= 4 is 5.91 Å². The van der Waals surface area contributed by atoms with E-state index in [0.29, 0.717) is 12.0 Å². The Bertz CT molecular complexity index is 220. The first-order chi connectivity index (χ1) is 6.99. The molecule has 88 valence electrons. The number of rotatable bonds is 4. The number of hydrogen-bond acceptors (Lipinski definition) is 2. The zero-order chi connectivity index (χ0) is 11.5. The molecule has 1 heterocycles. The van der Waals surface area contributed by atoms with Crippen molar-refractivity contribution in [3.05, 3.63) is 0 Å². The fourth-order valence-corrected chi connectivity index (χ4v) is 2.16. The molecule has 0 aromatic carbocycles. The Morgan fingerprint density at radius 1 is 1.53 bits per heavy atom. The summed E-state index contributed by atoms with van der Waals surface area (Å²) >= 11 is 0. The Morgan fingerprint density at radius 2 is 2.20 bits per heavy atom. The first kappa shape index (κ1) is 12.5. The highest BCUT2D eigenvalue weighted by molar-refractivity contribution is 5.86. The van der Waals surface area contributed by atoms with Crippen LogP contribution in [0.4, 0.5) is 0 Å². The van der Waals surface area contributed by atoms with E-state index in [-0.39, 0.29) is 11.4 Å². The molecule has 0 saturated carbocycles. The predicted octanol–water partition coefficient (Wildman–Crippen LogP) is 1.68. The molecule has 0 spiro atoms. The second-order valence-electron chi connectivity index (χ2n) is 5.09. The van der Waals surface area contributed by atoms with Crippen LogP contribution >= 0.6 is 0 Å². The molecule has 1 amide bonds. The smallest absolute Gasteiger partial charge is 0.240 e. The molecular weight excluding hydrogens is 188 g/mol. The lowest BCUT2D eigenvalue weighted by Crippen LogP contribution is -2.54. The van der Waals surface area contributed by atoms with Gasteiger partial charge in [0.25, 0.3) is 0 Å². The molecule has 0 aromatic rings. The molecule has 1 aliphatic rings. The molecule has 2 N–H and O–H groups in total. The van der Waals surface area contributed by atoms with Gasteiger partial charge < -0.3 is 10.6 Å². The van der Waals surface area contributed by atoms with Crippen LogP contribution in [0.5, 0.6) is 0 Å². The van der Waals surface area contributed by atoms with Crippen molar-refractivity contribution in [2.75, 3.05) is 6.54 Å². The van der Waals surface area contributed by atoms with Crippen molar-refractivity contribution in [1.29, 1.82) is 0 Å². The first-order valence-electron chi connectivity index (χ1n) is 6.05. The minimum atomic E-state index is -0.331. The second kappa shape index (κ2) is 4.97. The third kappa shape index (κ3) is 2.94. The SMILES string of the molecule is CCC(NC(=O)C1(C)CCCN1)C(C)C. The predicted molar refractivity (Wildman–Crippen MR) is 62.7 cm³/mol. The molecule has 1 saturated heterocycles. The van der Waals surface area contributed by atoms with Crippen LogP contribution in [0.15, 0.2) is 0 Å². The Labute approximate surface area is 93.0 Å². The van der Waals surface area contributed by atoms with Gasteiger partial charge in [-0.25, -0.2) is 0 Å². The molecule has 15 heavy (non-hydrogen) atoms. The van der Waals surface area contributed by atoms with Gasteiger partial charge in [0.2, 0.25) is 5.91 Å². The number of carbonyl (C=O) groups excluding carboxylic acids is 1. The van der Waals surface area contributed by atoms with Crippen molar-refractivity contribution in [2.24, 2.45) is 5.92 Å². The van der Waals surface area contributed by atoms with Gasteiger partial charge in [0.15, 0.2) is 0 Å². The van der Waals surface area contributed by atoms with Gasteiger partial charge in [-0.15, -0.1) is 0 Å². The standard InChI is InChI=1S/C12H24N2O/c1-5-10(9(2)3)14-11(15)12(4)7-6-8-13-12/h9-10,13H,5-8H2,1-4H3,(H,14,15). The third-order valence-corrected chi connectivity index (χ3v) is 3.43. The molecule has 3 heteroatoms. The number of nitrogens with one attached hydrogen (secondary N) is 2. The lowest BCUT2D eigenvalue weighted by Gasteiger charge is -2.28. The largest absolute Gasteiger partial charge is 0.352 e. The third-order valence-electron chi connectivity index (χ3n) is 3.43. The van der Waals surface area contributed by atoms with E-state index in [1.54, 1.807) is 0 Å². The molecule has 3 nitrogen and oxygen atoms in total. The zero-order valence-corrected chi connectivity index (χ0v) is 10.4. The lowest BCUT2D eigenvalue weighted by atomic mass is 9.96. The summed E-state index contributed by atoms with van der Waals surface area (Å²) in [5, 5.41) is 6.44. The lowest BCUT2D eigenvalue weighted by molar-refractivity contribution is -0.127. The molecule has 0 radical (unpaired) electrons. The van der Waals surface area contributed by atoms with Crippen molar-refractivity contribution in [3.63, 3.8) is 0 Å². The summed E-state index contributed by atoms with van der Waals surface area (Å²) in [5.41, 5.74) is -0.331. The Morgan fingerprint density at radius 3 is 2.60 bits per heavy atom. The van der Waals surface area contributed by atoms with Gasteiger partial charge in [0, 0.05) is 6.04 Å². The van der Waals surface area contributed by atoms with Crippen molar-refractivity contribution < 1.29 is 4.79 Å². The topological polar surface area (TPSA) is 41.1 Å². The number of carbonyl (C=O) groups is 1. The van der Waals surface area contributed by atoms with Crippen LogP contribution < -0.4 is 10.6 Å². The minimum Gasteiger partial charge on any atom is -0.352 e. The van der Waals surface area contributed by atoms with Gasteiger partial charge in [-0.2, -0.15) is 0 Å². The summed E-state index contributed by atoms with van der Waals surface area (Å²) in [5.74, 6) is 0.671. The van der Waals surface area contributed by atoms with E-state index in [2.05, 4.69) is 31.4 Å². The van der Waals surface area contributed by atoms with Gasteiger partial charge in [0.1, 0.15) is 0 Å². The average molecular weight is 212 g/mol. The minimum absolute atomic E-state index is 0.167. The van der Waals surface area contributed by atoms with Crippen LogP contribution in [0.25, 0.3) is 0 Å². The van der Waals surface area contributed by atoms with Gasteiger partial charge in [-0.1, -0.05) is 20.8 Å². The Hall–Kier alpha value is -0.570. The fraction of sp³-hybridized carbons (Fsp3) is 0.917. The van der Waals surface area contributed by atoms with Crippen molar-refractivity contribution in [3.8, 4) is 0 Å². The summed E-state index contributed by atoms with van der Waals surface area (Å²) in [6, 6.07) is 0.303. The Kier molecular flexibility index (Phi) is 4.14. The maximum atomic E-state index is 12.1. The molecule has 0 bridgehead atoms. The molecule has 2 unspecified atom stereocenters. The maximum absolute atomic E-state index is 12.1. The zero-order valence-electron chi connectivity index (χ0n) is 10.4. The van der Waals surface area contributed by atoms with Crippen LogP contribution in [0.1, 0.15) is 47.0 Å². The quantitative estimate of drug-likeness (QED) is 0.744. The van der Waals surface area contributed by atoms with E-state index < -0.39 is 0 Å². The van der Waals surface area contributed by atoms with Crippen molar-refractivity contribution in [1.82, 2.24) is 10.6 Å². The van der Waals surface area contributed by atoms with Crippen LogP contribution in [0, 0.1) is 5.92 Å². The summed E-state index contributed by atoms with van der Waals surface area (Å²) in [7, 11) is 0. The van der Waals surface area contributed by atoms with Crippen molar-refractivity contribution in [2.45, 2.75) is 58.5 Å². The van der Waals surface area contributed by atoms with E-state index in [1.165, 1.54) is 0 Å². The highest BCUT2D eigenvalue weighted by atomic mass is 16.2. The monoisotopic (exact) mass is 212 g/mol. The molecule has 1 rings (SSSR count). The molecule has 2 atom stereocenters. The second-order valence-corrected chi connectivity index (χ2v) is 5.09. The molecular formula is C12H24N2O. The van der Waals surface area contributed by atoms with E-state index in [4.69, 9.17) is 0 Å². The maximum Gasteiger partial charge on any atom is 0.240 e. The Balaban J connectivity index is 2.53. The van der Waals surface area contributed by atoms with Gasteiger partial charge in [-0.05, 0) is 38.6 Å². The fourth-order valence-electron chi connectivity index (χ4n) is 2.16. The summed E-state index contributed by atoms with van der Waals surface area (Å²) in [4.78, 5) is 12.1. The van der Waals surface area contributed by atoms with E-state index >= 15 is 0 Å². The summed E-state index contributed by atoms with van der Waals surface area (Å²) in [6.07, 6.45) is 3.05. The first-order valence-corrected chi connectivity index (χ1v) is 6.05. The summed E-state index contributed by atoms with van der Waals surface area (Å²) in [6.45, 7) is 9.39. The van der Waals surface area contributed by atoms with E-state index in [1.807, 2.05) is 6.92 Å². The molecule has 0 aliphatic carbocycles. The molecule has 1 aliphatic heterocycles. The normalized spacial score (nSPS) is 28.1. The van der Waals surface area contributed by atoms with Gasteiger partial charge in [0.05, 0.1) is 5.54 Å². The van der Waals surface area contributed by atoms with Crippen LogP contribution in [0.2, 0.25) is 0 Å². The van der Waals surface area contributed by atoms with E-state index in [0.717, 1.165) is 25.8 Å². The van der Waals surface area contributed by atoms with Crippen LogP contribution in [0.3, 0.4) is 0 Å². The van der Waals surface area contributed by atoms with Crippen LogP contribution in [-0.4, -0.2) is 24.0 Å². The summed E-state index contributed by atoms with van der Waals surface area (Å²) < 4.78 is 0. The van der Waals surface area contributed by atoms with Crippen LogP contribution in [-0.2, 0) is 4.79 Å². The highest BCUT2D eigenvalue weighted by Gasteiger charge is 2.36. The average Bonchev–Trinajstić information content (AvgIpc) is 2.61. The van der Waals surface area contributed by atoms with E-state index in [9.17, 15) is 4.79 Å². The number of hydrogen-bond donors (Lipinski definition) is 2.